The maximum atomic E-state index is 4.97. The normalized spacial score (nSPS) is 15.8. The molecule has 1 nitrogen and oxygen atoms in total. The van der Waals surface area contributed by atoms with Gasteiger partial charge >= 0.3 is 0 Å². The van der Waals surface area contributed by atoms with E-state index in [0.717, 1.165) is 12.2 Å². The average Bonchev–Trinajstić information content (AvgIpc) is 2.19. The molecule has 0 aromatic carbocycles. The fourth-order valence-electron chi connectivity index (χ4n) is 0.622. The third kappa shape index (κ3) is 0.997. The lowest BCUT2D eigenvalue weighted by atomic mass is 10.4. The lowest BCUT2D eigenvalue weighted by Crippen LogP contribution is -1.76. The summed E-state index contributed by atoms with van der Waals surface area (Å²) in [6.45, 7) is 3.43. The molecule has 0 radical (unpaired) electrons. The second kappa shape index (κ2) is 2.36. The van der Waals surface area contributed by atoms with E-state index in [9.17, 15) is 0 Å². The molecule has 0 saturated carbocycles. The Morgan fingerprint density at radius 2 is 2.62 bits per heavy atom. The van der Waals surface area contributed by atoms with Gasteiger partial charge in [0, 0.05) is 6.42 Å². The lowest BCUT2D eigenvalue weighted by Gasteiger charge is -1.95. The van der Waals surface area contributed by atoms with E-state index < -0.39 is 0 Å². The minimum Gasteiger partial charge on any atom is -0.470 e. The molecule has 0 atom stereocenters. The molecule has 8 heavy (non-hydrogen) atoms. The molecule has 1 aliphatic rings. The van der Waals surface area contributed by atoms with E-state index in [1.54, 1.807) is 0 Å². The molecule has 1 heteroatoms. The molecule has 0 bridgehead atoms. The molecule has 0 saturated heterocycles. The Bertz CT molecular complexity index is 142. The van der Waals surface area contributed by atoms with Gasteiger partial charge in [-0.1, -0.05) is 18.7 Å². The van der Waals surface area contributed by atoms with Crippen LogP contribution < -0.4 is 0 Å². The lowest BCUT2D eigenvalue weighted by molar-refractivity contribution is 0.347. The maximum absolute atomic E-state index is 4.97. The highest BCUT2D eigenvalue weighted by molar-refractivity contribution is 5.18. The summed E-state index contributed by atoms with van der Waals surface area (Å²) in [5, 5.41) is 0. The molecule has 0 aliphatic heterocycles. The minimum atomic E-state index is 0.909. The molecule has 0 amide bonds. The van der Waals surface area contributed by atoms with E-state index in [4.69, 9.17) is 4.74 Å². The van der Waals surface area contributed by atoms with Crippen molar-refractivity contribution >= 4 is 0 Å². The maximum Gasteiger partial charge on any atom is 0.107 e. The Morgan fingerprint density at radius 1 is 1.75 bits per heavy atom. The Labute approximate surface area is 49.0 Å². The Balaban J connectivity index is 2.39. The van der Waals surface area contributed by atoms with Crippen molar-refractivity contribution in [3.63, 3.8) is 0 Å². The molecule has 0 unspecified atom stereocenters. The molecular weight excluding hydrogens is 100 g/mol. The van der Waals surface area contributed by atoms with Gasteiger partial charge in [0.25, 0.3) is 0 Å². The summed E-state index contributed by atoms with van der Waals surface area (Å²) in [4.78, 5) is 0. The molecule has 0 spiro atoms. The number of rotatable bonds is 2. The first-order valence-corrected chi connectivity index (χ1v) is 2.57. The first-order chi connectivity index (χ1) is 3.93. The average molecular weight is 108 g/mol. The third-order valence-electron chi connectivity index (χ3n) is 0.972. The standard InChI is InChI=1S/C7H8O/c1-2-8-7-5-3-4-6-7/h2-5H,1,6H2. The first-order valence-electron chi connectivity index (χ1n) is 2.57. The van der Waals surface area contributed by atoms with E-state index in [2.05, 4.69) is 6.58 Å². The first kappa shape index (κ1) is 5.16. The number of hydrogen-bond donors (Lipinski definition) is 0. The van der Waals surface area contributed by atoms with E-state index in [1.807, 2.05) is 18.2 Å². The molecule has 0 aromatic rings. The molecule has 0 fully saturated rings. The van der Waals surface area contributed by atoms with Crippen LogP contribution in [0.2, 0.25) is 0 Å². The SMILES string of the molecule is C=COC1=CC=CC1. The summed E-state index contributed by atoms with van der Waals surface area (Å²) in [5.41, 5.74) is 0. The van der Waals surface area contributed by atoms with Gasteiger partial charge in [0.2, 0.25) is 0 Å². The molecule has 0 N–H and O–H groups in total. The van der Waals surface area contributed by atoms with Gasteiger partial charge in [0.1, 0.15) is 5.76 Å². The Hall–Kier alpha value is -0.980. The monoisotopic (exact) mass is 108 g/mol. The summed E-state index contributed by atoms with van der Waals surface area (Å²) < 4.78 is 4.97. The summed E-state index contributed by atoms with van der Waals surface area (Å²) >= 11 is 0. The molecule has 42 valence electrons. The fourth-order valence-corrected chi connectivity index (χ4v) is 0.622. The van der Waals surface area contributed by atoms with Gasteiger partial charge in [0.15, 0.2) is 0 Å². The van der Waals surface area contributed by atoms with Gasteiger partial charge in [-0.2, -0.15) is 0 Å². The fraction of sp³-hybridized carbons (Fsp3) is 0.143. The number of hydrogen-bond acceptors (Lipinski definition) is 1. The van der Waals surface area contributed by atoms with Crippen LogP contribution in [0.4, 0.5) is 0 Å². The van der Waals surface area contributed by atoms with Crippen LogP contribution in [0.5, 0.6) is 0 Å². The van der Waals surface area contributed by atoms with Gasteiger partial charge in [-0.05, 0) is 6.08 Å². The summed E-state index contributed by atoms with van der Waals surface area (Å²) in [6.07, 6.45) is 8.30. The molecule has 1 aliphatic carbocycles. The van der Waals surface area contributed by atoms with E-state index in [1.165, 1.54) is 6.26 Å². The topological polar surface area (TPSA) is 9.23 Å². The van der Waals surface area contributed by atoms with E-state index in [0.29, 0.717) is 0 Å². The van der Waals surface area contributed by atoms with Crippen molar-refractivity contribution < 1.29 is 4.74 Å². The van der Waals surface area contributed by atoms with Crippen molar-refractivity contribution in [1.29, 1.82) is 0 Å². The molecule has 0 heterocycles. The second-order valence-electron chi connectivity index (χ2n) is 1.55. The molecule has 0 aromatic heterocycles. The van der Waals surface area contributed by atoms with Gasteiger partial charge < -0.3 is 4.74 Å². The van der Waals surface area contributed by atoms with Crippen LogP contribution in [0.3, 0.4) is 0 Å². The Morgan fingerprint density at radius 3 is 3.12 bits per heavy atom. The van der Waals surface area contributed by atoms with Crippen LogP contribution in [0.25, 0.3) is 0 Å². The molecular formula is C7H8O. The van der Waals surface area contributed by atoms with Crippen molar-refractivity contribution in [1.82, 2.24) is 0 Å². The van der Waals surface area contributed by atoms with Crippen molar-refractivity contribution in [2.24, 2.45) is 0 Å². The van der Waals surface area contributed by atoms with Gasteiger partial charge in [-0.25, -0.2) is 0 Å². The van der Waals surface area contributed by atoms with Crippen molar-refractivity contribution in [3.05, 3.63) is 36.8 Å². The second-order valence-corrected chi connectivity index (χ2v) is 1.55. The summed E-state index contributed by atoms with van der Waals surface area (Å²) in [5.74, 6) is 0.972. The van der Waals surface area contributed by atoms with Gasteiger partial charge in [-0.3, -0.25) is 0 Å². The van der Waals surface area contributed by atoms with Crippen LogP contribution in [-0.4, -0.2) is 0 Å². The highest BCUT2D eigenvalue weighted by Crippen LogP contribution is 2.10. The highest BCUT2D eigenvalue weighted by Gasteiger charge is 1.94. The van der Waals surface area contributed by atoms with Crippen molar-refractivity contribution in [2.45, 2.75) is 6.42 Å². The summed E-state index contributed by atoms with van der Waals surface area (Å²) in [6, 6.07) is 0. The van der Waals surface area contributed by atoms with Crippen LogP contribution in [0.15, 0.2) is 36.8 Å². The number of allylic oxidation sites excluding steroid dienone is 3. The Kier molecular flexibility index (Phi) is 1.52. The van der Waals surface area contributed by atoms with Crippen LogP contribution >= 0.6 is 0 Å². The third-order valence-corrected chi connectivity index (χ3v) is 0.972. The largest absolute Gasteiger partial charge is 0.470 e. The van der Waals surface area contributed by atoms with Crippen molar-refractivity contribution in [2.75, 3.05) is 0 Å². The van der Waals surface area contributed by atoms with Gasteiger partial charge in [0.05, 0.1) is 6.26 Å². The van der Waals surface area contributed by atoms with Crippen LogP contribution in [-0.2, 0) is 4.74 Å². The minimum absolute atomic E-state index is 0.909. The van der Waals surface area contributed by atoms with Crippen LogP contribution in [0.1, 0.15) is 6.42 Å². The smallest absolute Gasteiger partial charge is 0.107 e. The molecule has 1 rings (SSSR count). The van der Waals surface area contributed by atoms with Crippen molar-refractivity contribution in [3.8, 4) is 0 Å². The zero-order valence-electron chi connectivity index (χ0n) is 4.63. The van der Waals surface area contributed by atoms with Gasteiger partial charge in [-0.15, -0.1) is 0 Å². The summed E-state index contributed by atoms with van der Waals surface area (Å²) in [7, 11) is 0. The van der Waals surface area contributed by atoms with Crippen LogP contribution in [0, 0.1) is 0 Å². The quantitative estimate of drug-likeness (QED) is 0.491. The zero-order chi connectivity index (χ0) is 5.82. The number of ether oxygens (including phenoxy) is 1. The highest BCUT2D eigenvalue weighted by atomic mass is 16.5. The predicted octanol–water partition coefficient (Wildman–Crippen LogP) is 1.99. The van der Waals surface area contributed by atoms with E-state index in [-0.39, 0.29) is 0 Å². The zero-order valence-corrected chi connectivity index (χ0v) is 4.63. The van der Waals surface area contributed by atoms with E-state index >= 15 is 0 Å². The predicted molar refractivity (Wildman–Crippen MR) is 33.1 cm³/mol.